The van der Waals surface area contributed by atoms with Crippen molar-refractivity contribution < 1.29 is 19.9 Å². The number of aryl methyl sites for hydroxylation is 2. The number of carbonyl (C=O) groups is 2. The van der Waals surface area contributed by atoms with Crippen LogP contribution < -0.4 is 16.4 Å². The van der Waals surface area contributed by atoms with E-state index in [-0.39, 0.29) is 23.1 Å². The van der Waals surface area contributed by atoms with Crippen LogP contribution in [0.5, 0.6) is 0 Å². The van der Waals surface area contributed by atoms with Gasteiger partial charge in [0.1, 0.15) is 11.4 Å². The Bertz CT molecular complexity index is 1130. The molecule has 204 valence electrons. The molecule has 0 spiro atoms. The molecule has 0 bridgehead atoms. The quantitative estimate of drug-likeness (QED) is 0.0936. The summed E-state index contributed by atoms with van der Waals surface area (Å²) in [5.41, 5.74) is 2.65. The first-order valence-corrected chi connectivity index (χ1v) is 15.0. The second kappa shape index (κ2) is 13.6. The summed E-state index contributed by atoms with van der Waals surface area (Å²) in [7, 11) is 1.67. The van der Waals surface area contributed by atoms with E-state index in [0.29, 0.717) is 28.8 Å². The van der Waals surface area contributed by atoms with E-state index in [1.54, 1.807) is 14.0 Å². The van der Waals surface area contributed by atoms with Gasteiger partial charge < -0.3 is 15.6 Å². The fraction of sp³-hybridized carbons (Fsp3) is 0.636. The van der Waals surface area contributed by atoms with Crippen LogP contribution in [0.1, 0.15) is 32.4 Å². The van der Waals surface area contributed by atoms with Gasteiger partial charge in [0.25, 0.3) is 5.56 Å². The van der Waals surface area contributed by atoms with Gasteiger partial charge in [-0.2, -0.15) is 10.1 Å². The number of rotatable bonds is 12. The number of carboxylic acids is 1. The molecule has 1 amide bonds. The van der Waals surface area contributed by atoms with Crippen LogP contribution in [0.3, 0.4) is 0 Å². The number of hydroxylamine groups is 1. The number of aromatic nitrogens is 3. The lowest BCUT2D eigenvalue weighted by molar-refractivity contribution is -0.155. The van der Waals surface area contributed by atoms with Crippen molar-refractivity contribution in [1.82, 2.24) is 30.5 Å². The second-order valence-corrected chi connectivity index (χ2v) is 11.6. The van der Waals surface area contributed by atoms with Crippen LogP contribution in [0.15, 0.2) is 26.2 Å². The Kier molecular flexibility index (Phi) is 10.9. The lowest BCUT2D eigenvalue weighted by atomic mass is 9.89. The van der Waals surface area contributed by atoms with Gasteiger partial charge >= 0.3 is 5.97 Å². The van der Waals surface area contributed by atoms with E-state index in [0.717, 1.165) is 24.6 Å². The van der Waals surface area contributed by atoms with E-state index in [1.165, 1.54) is 44.9 Å². The second-order valence-electron chi connectivity index (χ2n) is 8.55. The number of carboxylic acid groups (broad SMARTS) is 1. The van der Waals surface area contributed by atoms with Gasteiger partial charge in [-0.1, -0.05) is 37.4 Å². The minimum atomic E-state index is -1.18. The lowest BCUT2D eigenvalue weighted by Crippen LogP contribution is -2.67. The summed E-state index contributed by atoms with van der Waals surface area (Å²) in [6.07, 6.45) is 1.85. The predicted molar refractivity (Wildman–Crippen MR) is 146 cm³/mol. The molecule has 3 rings (SSSR count). The monoisotopic (exact) mass is 571 g/mol. The van der Waals surface area contributed by atoms with Gasteiger partial charge in [0.2, 0.25) is 5.91 Å². The number of nitrogens with zero attached hydrogens (tertiary/aromatic N) is 5. The highest BCUT2D eigenvalue weighted by molar-refractivity contribution is 8.13. The van der Waals surface area contributed by atoms with Crippen LogP contribution in [0.4, 0.5) is 0 Å². The minimum absolute atomic E-state index is 0.0401. The van der Waals surface area contributed by atoms with Crippen molar-refractivity contribution in [2.45, 2.75) is 50.2 Å². The molecule has 2 aliphatic rings. The Morgan fingerprint density at radius 1 is 1.32 bits per heavy atom. The third-order valence-corrected chi connectivity index (χ3v) is 9.29. The smallest absolute Gasteiger partial charge is 0.352 e. The largest absolute Gasteiger partial charge is 0.477 e. The number of nitrogens with one attached hydrogen (secondary N) is 2. The molecule has 2 aliphatic heterocycles. The van der Waals surface area contributed by atoms with Crippen molar-refractivity contribution >= 4 is 52.3 Å². The van der Waals surface area contributed by atoms with E-state index < -0.39 is 28.9 Å². The van der Waals surface area contributed by atoms with Crippen LogP contribution in [0.2, 0.25) is 0 Å². The summed E-state index contributed by atoms with van der Waals surface area (Å²) in [4.78, 5) is 47.1. The number of thioether (sulfide) groups is 3. The van der Waals surface area contributed by atoms with Crippen LogP contribution in [0.25, 0.3) is 0 Å². The highest BCUT2D eigenvalue weighted by Crippen LogP contribution is 2.46. The molecular formula is C22H33N7O5S3. The highest BCUT2D eigenvalue weighted by Gasteiger charge is 2.56. The maximum Gasteiger partial charge on any atom is 0.352 e. The maximum atomic E-state index is 13.2. The van der Waals surface area contributed by atoms with Gasteiger partial charge in [-0.25, -0.2) is 15.0 Å². The lowest BCUT2D eigenvalue weighted by Gasteiger charge is -2.51. The Morgan fingerprint density at radius 2 is 2.08 bits per heavy atom. The number of hydrogen-bond acceptors (Lipinski definition) is 11. The minimum Gasteiger partial charge on any atom is -0.477 e. The average molecular weight is 572 g/mol. The zero-order valence-electron chi connectivity index (χ0n) is 21.3. The maximum absolute atomic E-state index is 13.2. The summed E-state index contributed by atoms with van der Waals surface area (Å²) in [6.45, 7) is 7.14. The third kappa shape index (κ3) is 6.88. The molecule has 1 saturated heterocycles. The molecule has 15 heteroatoms. The van der Waals surface area contributed by atoms with Crippen molar-refractivity contribution in [3.05, 3.63) is 27.3 Å². The Balaban J connectivity index is 1.72. The number of amidine groups is 1. The summed E-state index contributed by atoms with van der Waals surface area (Å²) < 4.78 is 1.48. The van der Waals surface area contributed by atoms with Crippen molar-refractivity contribution in [2.24, 2.45) is 18.0 Å². The molecular weight excluding hydrogens is 538 g/mol. The predicted octanol–water partition coefficient (Wildman–Crippen LogP) is 1.29. The number of fused-ring (bicyclic) bond motifs is 1. The van der Waals surface area contributed by atoms with E-state index >= 15 is 0 Å². The number of carbonyl (C=O) groups excluding carboxylic acids is 1. The van der Waals surface area contributed by atoms with Gasteiger partial charge in [0, 0.05) is 37.4 Å². The SMILES string of the molecule is CCCN=C(NCCC)SCC(NO)C1C(=O)N2C(C(=O)O)=C(CSc3nc(=O)c(C)nn3C)CSC12. The van der Waals surface area contributed by atoms with Gasteiger partial charge in [0.05, 0.1) is 17.3 Å². The summed E-state index contributed by atoms with van der Waals surface area (Å²) >= 11 is 4.10. The summed E-state index contributed by atoms with van der Waals surface area (Å²) in [5, 5.41) is 27.9. The van der Waals surface area contributed by atoms with Crippen molar-refractivity contribution in [2.75, 3.05) is 30.3 Å². The summed E-state index contributed by atoms with van der Waals surface area (Å²) in [5.74, 6) is -1.06. The molecule has 1 aromatic rings. The van der Waals surface area contributed by atoms with E-state index in [1.807, 2.05) is 6.92 Å². The Hall–Kier alpha value is -2.07. The molecule has 3 atom stereocenters. The van der Waals surface area contributed by atoms with Gasteiger partial charge in [-0.3, -0.25) is 19.5 Å². The first kappa shape index (κ1) is 29.5. The molecule has 37 heavy (non-hydrogen) atoms. The zero-order chi connectivity index (χ0) is 27.1. The molecule has 3 heterocycles. The molecule has 0 saturated carbocycles. The Labute approximate surface area is 228 Å². The standard InChI is InChI=1S/C22H33N7O5S3/c1-5-7-23-21(24-8-6-2)36-11-14(27-34)15-18(31)29-16(20(32)33)13(9-35-19(15)29)10-37-22-25-17(30)12(3)26-28(22)4/h14-15,19,27,34H,5-11H2,1-4H3,(H,23,24)(H,32,33). The average Bonchev–Trinajstić information content (AvgIpc) is 2.87. The first-order chi connectivity index (χ1) is 17.7. The van der Waals surface area contributed by atoms with Gasteiger partial charge in [0.15, 0.2) is 10.3 Å². The van der Waals surface area contributed by atoms with Crippen LogP contribution >= 0.6 is 35.3 Å². The van der Waals surface area contributed by atoms with E-state index in [4.69, 9.17) is 0 Å². The van der Waals surface area contributed by atoms with E-state index in [9.17, 15) is 24.7 Å². The Morgan fingerprint density at radius 3 is 2.73 bits per heavy atom. The number of aliphatic carboxylic acids is 1. The first-order valence-electron chi connectivity index (χ1n) is 12.0. The van der Waals surface area contributed by atoms with Gasteiger partial charge in [-0.05, 0) is 25.3 Å². The van der Waals surface area contributed by atoms with Crippen molar-refractivity contribution in [3.8, 4) is 0 Å². The number of β-lactam (4-membered cyclic amide) rings is 1. The molecule has 0 aliphatic carbocycles. The third-order valence-electron chi connectivity index (χ3n) is 5.75. The molecule has 3 unspecified atom stereocenters. The van der Waals surface area contributed by atoms with Crippen LogP contribution in [-0.4, -0.2) is 88.8 Å². The fourth-order valence-electron chi connectivity index (χ4n) is 3.88. The van der Waals surface area contributed by atoms with Crippen LogP contribution in [0, 0.1) is 12.8 Å². The summed E-state index contributed by atoms with van der Waals surface area (Å²) in [6, 6.07) is -0.565. The molecule has 4 N–H and O–H groups in total. The van der Waals surface area contributed by atoms with Gasteiger partial charge in [-0.15, -0.1) is 11.8 Å². The normalized spacial score (nSPS) is 20.5. The highest BCUT2D eigenvalue weighted by atomic mass is 32.2. The number of amides is 1. The topological polar surface area (TPSA) is 162 Å². The molecule has 1 fully saturated rings. The molecule has 12 nitrogen and oxygen atoms in total. The fourth-order valence-corrected chi connectivity index (χ4v) is 7.41. The van der Waals surface area contributed by atoms with Crippen LogP contribution in [-0.2, 0) is 16.6 Å². The molecule has 1 aromatic heterocycles. The molecule has 0 radical (unpaired) electrons. The number of aliphatic imine (C=N–C) groups is 1. The van der Waals surface area contributed by atoms with Crippen molar-refractivity contribution in [1.29, 1.82) is 0 Å². The molecule has 0 aromatic carbocycles. The zero-order valence-corrected chi connectivity index (χ0v) is 23.7. The van der Waals surface area contributed by atoms with Crippen molar-refractivity contribution in [3.63, 3.8) is 0 Å². The number of hydrogen-bond donors (Lipinski definition) is 4. The van der Waals surface area contributed by atoms with E-state index in [2.05, 4.69) is 32.8 Å².